The minimum absolute atomic E-state index is 0.349. The van der Waals surface area contributed by atoms with Crippen molar-refractivity contribution in [1.29, 1.82) is 0 Å². The first-order chi connectivity index (χ1) is 8.70. The molecule has 1 fully saturated rings. The predicted octanol–water partition coefficient (Wildman–Crippen LogP) is 2.80. The van der Waals surface area contributed by atoms with Crippen molar-refractivity contribution in [2.45, 2.75) is 37.5 Å². The summed E-state index contributed by atoms with van der Waals surface area (Å²) in [4.78, 5) is 4.60. The van der Waals surface area contributed by atoms with Gasteiger partial charge < -0.3 is 11.1 Å². The summed E-state index contributed by atoms with van der Waals surface area (Å²) in [6.45, 7) is 2.22. The van der Waals surface area contributed by atoms with Gasteiger partial charge in [-0.3, -0.25) is 4.98 Å². The Morgan fingerprint density at radius 1 is 1.56 bits per heavy atom. The van der Waals surface area contributed by atoms with E-state index in [-0.39, 0.29) is 0 Å². The number of nitrogens with one attached hydrogen (secondary N) is 1. The van der Waals surface area contributed by atoms with E-state index < -0.39 is 0 Å². The Morgan fingerprint density at radius 2 is 2.39 bits per heavy atom. The first-order valence-electron chi connectivity index (χ1n) is 6.34. The molecule has 0 spiro atoms. The van der Waals surface area contributed by atoms with E-state index in [1.807, 2.05) is 18.3 Å². The van der Waals surface area contributed by atoms with Crippen LogP contribution in [0.1, 0.15) is 31.9 Å². The van der Waals surface area contributed by atoms with Crippen LogP contribution in [0.25, 0.3) is 0 Å². The number of hydrogen-bond donors (Lipinski definition) is 2. The number of rotatable bonds is 5. The zero-order valence-corrected chi connectivity index (χ0v) is 12.2. The van der Waals surface area contributed by atoms with Crippen LogP contribution in [0, 0.1) is 0 Å². The van der Waals surface area contributed by atoms with Crippen molar-refractivity contribution in [3.05, 3.63) is 24.0 Å². The summed E-state index contributed by atoms with van der Waals surface area (Å²) in [6, 6.07) is 4.45. The molecule has 3 nitrogen and oxygen atoms in total. The molecule has 0 radical (unpaired) electrons. The number of pyridine rings is 1. The van der Waals surface area contributed by atoms with Gasteiger partial charge in [-0.15, -0.1) is 0 Å². The summed E-state index contributed by atoms with van der Waals surface area (Å²) in [7, 11) is 0. The van der Waals surface area contributed by atoms with Crippen LogP contribution in [0.2, 0.25) is 0 Å². The van der Waals surface area contributed by atoms with Crippen molar-refractivity contribution in [1.82, 2.24) is 4.98 Å². The van der Waals surface area contributed by atoms with Gasteiger partial charge in [0.05, 0.1) is 17.6 Å². The average Bonchev–Trinajstić information content (AvgIpc) is 2.78. The van der Waals surface area contributed by atoms with Crippen molar-refractivity contribution in [2.24, 2.45) is 5.73 Å². The van der Waals surface area contributed by atoms with E-state index in [2.05, 4.69) is 29.0 Å². The fraction of sp³-hybridized carbons (Fsp3) is 0.538. The third kappa shape index (κ3) is 3.36. The Kier molecular flexibility index (Phi) is 4.83. The normalized spacial score (nSPS) is 22.9. The van der Waals surface area contributed by atoms with Crippen LogP contribution in [-0.2, 0) is 0 Å². The van der Waals surface area contributed by atoms with Crippen LogP contribution in [0.3, 0.4) is 0 Å². The quantitative estimate of drug-likeness (QED) is 0.813. The molecule has 1 saturated carbocycles. The van der Waals surface area contributed by atoms with E-state index in [0.29, 0.717) is 16.7 Å². The minimum Gasteiger partial charge on any atom is -0.388 e. The lowest BCUT2D eigenvalue weighted by Gasteiger charge is -2.21. The maximum atomic E-state index is 5.53. The molecule has 0 amide bonds. The highest BCUT2D eigenvalue weighted by Crippen LogP contribution is 2.31. The van der Waals surface area contributed by atoms with E-state index in [1.54, 1.807) is 0 Å². The molecule has 0 aromatic carbocycles. The largest absolute Gasteiger partial charge is 0.388 e. The van der Waals surface area contributed by atoms with Crippen LogP contribution >= 0.6 is 24.0 Å². The van der Waals surface area contributed by atoms with Crippen molar-refractivity contribution in [3.63, 3.8) is 0 Å². The first-order valence-corrected chi connectivity index (χ1v) is 7.80. The predicted molar refractivity (Wildman–Crippen MR) is 83.3 cm³/mol. The maximum Gasteiger partial charge on any atom is 0.122 e. The monoisotopic (exact) mass is 281 g/mol. The molecule has 0 saturated heterocycles. The zero-order chi connectivity index (χ0) is 13.0. The van der Waals surface area contributed by atoms with Crippen molar-refractivity contribution >= 4 is 34.7 Å². The molecule has 1 aliphatic rings. The van der Waals surface area contributed by atoms with Gasteiger partial charge in [-0.05, 0) is 30.7 Å². The van der Waals surface area contributed by atoms with Crippen molar-refractivity contribution in [3.8, 4) is 0 Å². The second-order valence-corrected chi connectivity index (χ2v) is 6.43. The summed E-state index contributed by atoms with van der Waals surface area (Å²) in [5.74, 6) is 1.18. The van der Waals surface area contributed by atoms with Gasteiger partial charge in [0.1, 0.15) is 4.99 Å². The van der Waals surface area contributed by atoms with E-state index in [0.717, 1.165) is 10.9 Å². The third-order valence-electron chi connectivity index (χ3n) is 3.20. The van der Waals surface area contributed by atoms with E-state index in [4.69, 9.17) is 18.0 Å². The van der Waals surface area contributed by atoms with Gasteiger partial charge in [0.15, 0.2) is 0 Å². The van der Waals surface area contributed by atoms with Gasteiger partial charge in [-0.1, -0.05) is 25.6 Å². The third-order valence-corrected chi connectivity index (χ3v) is 4.74. The molecule has 1 aromatic rings. The van der Waals surface area contributed by atoms with Gasteiger partial charge in [-0.25, -0.2) is 0 Å². The molecule has 0 bridgehead atoms. The van der Waals surface area contributed by atoms with Crippen LogP contribution in [0.4, 0.5) is 5.69 Å². The topological polar surface area (TPSA) is 50.9 Å². The molecule has 98 valence electrons. The molecule has 18 heavy (non-hydrogen) atoms. The lowest BCUT2D eigenvalue weighted by atomic mass is 10.2. The Hall–Kier alpha value is -0.810. The lowest BCUT2D eigenvalue weighted by Crippen LogP contribution is -2.26. The van der Waals surface area contributed by atoms with Crippen LogP contribution < -0.4 is 11.1 Å². The molecular weight excluding hydrogens is 262 g/mol. The maximum absolute atomic E-state index is 5.53. The lowest BCUT2D eigenvalue weighted by molar-refractivity contribution is 0.767. The average molecular weight is 281 g/mol. The van der Waals surface area contributed by atoms with E-state index in [1.165, 1.54) is 25.0 Å². The molecule has 0 aliphatic heterocycles. The summed E-state index contributed by atoms with van der Waals surface area (Å²) in [6.07, 6.45) is 5.69. The fourth-order valence-electron chi connectivity index (χ4n) is 2.34. The summed E-state index contributed by atoms with van der Waals surface area (Å²) < 4.78 is 0. The van der Waals surface area contributed by atoms with Crippen molar-refractivity contribution < 1.29 is 0 Å². The highest BCUT2D eigenvalue weighted by atomic mass is 32.2. The fourth-order valence-corrected chi connectivity index (χ4v) is 3.66. The van der Waals surface area contributed by atoms with Gasteiger partial charge >= 0.3 is 0 Å². The first kappa shape index (κ1) is 13.6. The van der Waals surface area contributed by atoms with Crippen LogP contribution in [-0.4, -0.2) is 27.0 Å². The molecule has 3 N–H and O–H groups in total. The van der Waals surface area contributed by atoms with Gasteiger partial charge in [-0.2, -0.15) is 11.8 Å². The number of nitrogens with two attached hydrogens (primary N) is 1. The van der Waals surface area contributed by atoms with Crippen LogP contribution in [0.5, 0.6) is 0 Å². The van der Waals surface area contributed by atoms with E-state index >= 15 is 0 Å². The van der Waals surface area contributed by atoms with Crippen LogP contribution in [0.15, 0.2) is 18.3 Å². The second kappa shape index (κ2) is 6.38. The van der Waals surface area contributed by atoms with Crippen molar-refractivity contribution in [2.75, 3.05) is 11.1 Å². The molecule has 1 aliphatic carbocycles. The molecule has 1 aromatic heterocycles. The summed E-state index contributed by atoms with van der Waals surface area (Å²) in [5, 5.41) is 4.30. The Balaban J connectivity index is 1.98. The molecule has 2 unspecified atom stereocenters. The number of thioether (sulfide) groups is 1. The summed E-state index contributed by atoms with van der Waals surface area (Å²) >= 11 is 6.94. The molecular formula is C13H19N3S2. The number of hydrogen-bond acceptors (Lipinski definition) is 4. The standard InChI is InChI=1S/C13H19N3S2/c1-2-18-12-5-3-4-10(12)16-9-6-7-11(13(14)17)15-8-9/h6-8,10,12,16H,2-5H2,1H3,(H2,14,17). The molecule has 2 rings (SSSR count). The number of aromatic nitrogens is 1. The SMILES string of the molecule is CCSC1CCCC1Nc1ccc(C(N)=S)nc1. The minimum atomic E-state index is 0.349. The highest BCUT2D eigenvalue weighted by Gasteiger charge is 2.26. The number of anilines is 1. The Morgan fingerprint density at radius 3 is 3.00 bits per heavy atom. The molecule has 1 heterocycles. The number of nitrogens with zero attached hydrogens (tertiary/aromatic N) is 1. The Labute approximate surface area is 118 Å². The van der Waals surface area contributed by atoms with Gasteiger partial charge in [0, 0.05) is 11.3 Å². The van der Waals surface area contributed by atoms with E-state index in [9.17, 15) is 0 Å². The zero-order valence-electron chi connectivity index (χ0n) is 10.6. The summed E-state index contributed by atoms with van der Waals surface area (Å²) in [5.41, 5.74) is 7.28. The molecule has 2 atom stereocenters. The second-order valence-electron chi connectivity index (χ2n) is 4.47. The smallest absolute Gasteiger partial charge is 0.122 e. The van der Waals surface area contributed by atoms with Gasteiger partial charge in [0.2, 0.25) is 0 Å². The Bertz CT molecular complexity index is 405. The highest BCUT2D eigenvalue weighted by molar-refractivity contribution is 7.99. The van der Waals surface area contributed by atoms with Gasteiger partial charge in [0.25, 0.3) is 0 Å². The molecule has 5 heteroatoms. The number of thiocarbonyl (C=S) groups is 1.